The number of anilines is 1. The molecule has 5 heteroatoms. The molecule has 0 saturated heterocycles. The Hall–Kier alpha value is -2.30. The molecule has 106 valence electrons. The Morgan fingerprint density at radius 2 is 1.90 bits per heavy atom. The second-order valence-corrected chi connectivity index (χ2v) is 5.60. The number of aromatic amines is 1. The van der Waals surface area contributed by atoms with E-state index < -0.39 is 0 Å². The SMILES string of the molecule is COc1ccc(NC(=O)c2cc(C(C)(C)C)[nH]n2)cc1. The van der Waals surface area contributed by atoms with E-state index in [0.29, 0.717) is 11.4 Å². The number of carbonyl (C=O) groups is 1. The van der Waals surface area contributed by atoms with Gasteiger partial charge in [-0.1, -0.05) is 20.8 Å². The Kier molecular flexibility index (Phi) is 3.79. The fourth-order valence-electron chi connectivity index (χ4n) is 1.69. The summed E-state index contributed by atoms with van der Waals surface area (Å²) >= 11 is 0. The second-order valence-electron chi connectivity index (χ2n) is 5.60. The average Bonchev–Trinajstić information content (AvgIpc) is 2.89. The van der Waals surface area contributed by atoms with E-state index >= 15 is 0 Å². The number of rotatable bonds is 3. The van der Waals surface area contributed by atoms with Gasteiger partial charge in [-0.25, -0.2) is 0 Å². The van der Waals surface area contributed by atoms with Crippen molar-refractivity contribution in [1.29, 1.82) is 0 Å². The quantitative estimate of drug-likeness (QED) is 0.903. The van der Waals surface area contributed by atoms with Crippen molar-refractivity contribution in [3.05, 3.63) is 41.7 Å². The normalized spacial score (nSPS) is 11.2. The van der Waals surface area contributed by atoms with Gasteiger partial charge in [-0.15, -0.1) is 0 Å². The minimum atomic E-state index is -0.234. The lowest BCUT2D eigenvalue weighted by atomic mass is 9.92. The molecular weight excluding hydrogens is 254 g/mol. The van der Waals surface area contributed by atoms with E-state index in [4.69, 9.17) is 4.74 Å². The summed E-state index contributed by atoms with van der Waals surface area (Å²) in [5.74, 6) is 0.514. The molecular formula is C15H19N3O2. The predicted octanol–water partition coefficient (Wildman–Crippen LogP) is 2.97. The molecule has 2 N–H and O–H groups in total. The van der Waals surface area contributed by atoms with Gasteiger partial charge in [-0.3, -0.25) is 9.89 Å². The Balaban J connectivity index is 2.09. The minimum absolute atomic E-state index is 0.0638. The van der Waals surface area contributed by atoms with Crippen molar-refractivity contribution in [2.45, 2.75) is 26.2 Å². The van der Waals surface area contributed by atoms with E-state index in [1.165, 1.54) is 0 Å². The van der Waals surface area contributed by atoms with E-state index in [-0.39, 0.29) is 11.3 Å². The van der Waals surface area contributed by atoms with Gasteiger partial charge in [0.15, 0.2) is 5.69 Å². The van der Waals surface area contributed by atoms with Crippen molar-refractivity contribution in [3.8, 4) is 5.75 Å². The third-order valence-electron chi connectivity index (χ3n) is 2.97. The summed E-state index contributed by atoms with van der Waals surface area (Å²) in [6.45, 7) is 6.18. The average molecular weight is 273 g/mol. The highest BCUT2D eigenvalue weighted by Crippen LogP contribution is 2.21. The highest BCUT2D eigenvalue weighted by molar-refractivity contribution is 6.02. The minimum Gasteiger partial charge on any atom is -0.497 e. The summed E-state index contributed by atoms with van der Waals surface area (Å²) in [7, 11) is 1.60. The van der Waals surface area contributed by atoms with Crippen LogP contribution in [0.2, 0.25) is 0 Å². The number of carbonyl (C=O) groups excluding carboxylic acids is 1. The lowest BCUT2D eigenvalue weighted by Crippen LogP contribution is -2.13. The smallest absolute Gasteiger partial charge is 0.276 e. The largest absolute Gasteiger partial charge is 0.497 e. The molecule has 0 radical (unpaired) electrons. The van der Waals surface area contributed by atoms with E-state index in [1.807, 2.05) is 0 Å². The molecule has 0 atom stereocenters. The zero-order chi connectivity index (χ0) is 14.8. The van der Waals surface area contributed by atoms with Gasteiger partial charge in [0.05, 0.1) is 7.11 Å². The molecule has 0 spiro atoms. The van der Waals surface area contributed by atoms with Gasteiger partial charge in [-0.2, -0.15) is 5.10 Å². The summed E-state index contributed by atoms with van der Waals surface area (Å²) in [6.07, 6.45) is 0. The standard InChI is InChI=1S/C15H19N3O2/c1-15(2,3)13-9-12(17-18-13)14(19)16-10-5-7-11(20-4)8-6-10/h5-9H,1-4H3,(H,16,19)(H,17,18). The molecule has 0 fully saturated rings. The van der Waals surface area contributed by atoms with Crippen LogP contribution in [-0.4, -0.2) is 23.2 Å². The third kappa shape index (κ3) is 3.17. The van der Waals surface area contributed by atoms with Crippen LogP contribution >= 0.6 is 0 Å². The van der Waals surface area contributed by atoms with Crippen LogP contribution in [0, 0.1) is 0 Å². The Bertz CT molecular complexity index is 594. The summed E-state index contributed by atoms with van der Waals surface area (Å²) < 4.78 is 5.07. The van der Waals surface area contributed by atoms with Gasteiger partial charge >= 0.3 is 0 Å². The van der Waals surface area contributed by atoms with Crippen LogP contribution in [0.15, 0.2) is 30.3 Å². The van der Waals surface area contributed by atoms with Gasteiger partial charge < -0.3 is 10.1 Å². The first-order valence-electron chi connectivity index (χ1n) is 6.41. The lowest BCUT2D eigenvalue weighted by Gasteiger charge is -2.14. The van der Waals surface area contributed by atoms with Crippen molar-refractivity contribution in [3.63, 3.8) is 0 Å². The predicted molar refractivity (Wildman–Crippen MR) is 78.2 cm³/mol. The molecule has 1 aromatic heterocycles. The Morgan fingerprint density at radius 3 is 2.40 bits per heavy atom. The maximum atomic E-state index is 12.1. The van der Waals surface area contributed by atoms with Crippen molar-refractivity contribution in [2.24, 2.45) is 0 Å². The van der Waals surface area contributed by atoms with Gasteiger partial charge in [0, 0.05) is 16.8 Å². The highest BCUT2D eigenvalue weighted by atomic mass is 16.5. The molecule has 2 rings (SSSR count). The first kappa shape index (κ1) is 14.1. The summed E-state index contributed by atoms with van der Waals surface area (Å²) in [4.78, 5) is 12.1. The molecule has 2 aromatic rings. The number of ether oxygens (including phenoxy) is 1. The number of aromatic nitrogens is 2. The van der Waals surface area contributed by atoms with Gasteiger partial charge in [0.1, 0.15) is 5.75 Å². The maximum Gasteiger partial charge on any atom is 0.276 e. The van der Waals surface area contributed by atoms with E-state index in [9.17, 15) is 4.79 Å². The topological polar surface area (TPSA) is 67.0 Å². The van der Waals surface area contributed by atoms with Crippen molar-refractivity contribution < 1.29 is 9.53 Å². The van der Waals surface area contributed by atoms with Crippen LogP contribution in [0.4, 0.5) is 5.69 Å². The fourth-order valence-corrected chi connectivity index (χ4v) is 1.69. The summed E-state index contributed by atoms with van der Waals surface area (Å²) in [5.41, 5.74) is 1.95. The molecule has 0 aliphatic carbocycles. The maximum absolute atomic E-state index is 12.1. The van der Waals surface area contributed by atoms with E-state index in [1.54, 1.807) is 37.4 Å². The number of hydrogen-bond donors (Lipinski definition) is 2. The van der Waals surface area contributed by atoms with Crippen molar-refractivity contribution in [1.82, 2.24) is 10.2 Å². The summed E-state index contributed by atoms with van der Waals surface area (Å²) in [5, 5.41) is 9.75. The molecule has 1 aromatic carbocycles. The van der Waals surface area contributed by atoms with Crippen LogP contribution in [0.5, 0.6) is 5.75 Å². The number of amides is 1. The molecule has 20 heavy (non-hydrogen) atoms. The Labute approximate surface area is 118 Å². The number of nitrogens with zero attached hydrogens (tertiary/aromatic N) is 1. The number of H-pyrrole nitrogens is 1. The van der Waals surface area contributed by atoms with Gasteiger partial charge in [0.25, 0.3) is 5.91 Å². The zero-order valence-electron chi connectivity index (χ0n) is 12.2. The van der Waals surface area contributed by atoms with Gasteiger partial charge in [0.2, 0.25) is 0 Å². The highest BCUT2D eigenvalue weighted by Gasteiger charge is 2.19. The number of benzene rings is 1. The van der Waals surface area contributed by atoms with Crippen molar-refractivity contribution >= 4 is 11.6 Å². The zero-order valence-corrected chi connectivity index (χ0v) is 12.2. The molecule has 1 amide bonds. The third-order valence-corrected chi connectivity index (χ3v) is 2.97. The lowest BCUT2D eigenvalue weighted by molar-refractivity contribution is 0.102. The fraction of sp³-hybridized carbons (Fsp3) is 0.333. The number of methoxy groups -OCH3 is 1. The molecule has 0 aliphatic heterocycles. The first-order chi connectivity index (χ1) is 9.40. The molecule has 1 heterocycles. The van der Waals surface area contributed by atoms with Crippen LogP contribution in [0.3, 0.4) is 0 Å². The number of nitrogens with one attached hydrogen (secondary N) is 2. The molecule has 0 saturated carbocycles. The summed E-state index contributed by atoms with van der Waals surface area (Å²) in [6, 6.07) is 8.93. The van der Waals surface area contributed by atoms with E-state index in [2.05, 4.69) is 36.3 Å². The second kappa shape index (κ2) is 5.36. The van der Waals surface area contributed by atoms with Gasteiger partial charge in [-0.05, 0) is 30.3 Å². The van der Waals surface area contributed by atoms with Crippen LogP contribution in [0.1, 0.15) is 37.0 Å². The monoisotopic (exact) mass is 273 g/mol. The van der Waals surface area contributed by atoms with Crippen molar-refractivity contribution in [2.75, 3.05) is 12.4 Å². The number of hydrogen-bond acceptors (Lipinski definition) is 3. The molecule has 5 nitrogen and oxygen atoms in total. The van der Waals surface area contributed by atoms with E-state index in [0.717, 1.165) is 11.4 Å². The van der Waals surface area contributed by atoms with Crippen LogP contribution in [0.25, 0.3) is 0 Å². The van der Waals surface area contributed by atoms with Crippen LogP contribution < -0.4 is 10.1 Å². The molecule has 0 bridgehead atoms. The Morgan fingerprint density at radius 1 is 1.25 bits per heavy atom. The molecule has 0 unspecified atom stereocenters. The first-order valence-corrected chi connectivity index (χ1v) is 6.41. The van der Waals surface area contributed by atoms with Crippen LogP contribution in [-0.2, 0) is 5.41 Å². The molecule has 0 aliphatic rings.